The highest BCUT2D eigenvalue weighted by Crippen LogP contribution is 2.19. The number of nitrogens with one attached hydrogen (secondary N) is 1. The smallest absolute Gasteiger partial charge is 0.183 e. The molecule has 1 heterocycles. The van der Waals surface area contributed by atoms with E-state index in [-0.39, 0.29) is 5.02 Å². The van der Waals surface area contributed by atoms with Crippen LogP contribution in [-0.2, 0) is 13.0 Å². The Morgan fingerprint density at radius 2 is 2.29 bits per heavy atom. The van der Waals surface area contributed by atoms with E-state index in [2.05, 4.69) is 17.2 Å². The van der Waals surface area contributed by atoms with E-state index in [9.17, 15) is 4.39 Å². The van der Waals surface area contributed by atoms with Crippen molar-refractivity contribution in [3.8, 4) is 0 Å². The third-order valence-electron chi connectivity index (χ3n) is 2.34. The Balaban J connectivity index is 1.99. The van der Waals surface area contributed by atoms with E-state index < -0.39 is 5.82 Å². The Kier molecular flexibility index (Phi) is 3.97. The van der Waals surface area contributed by atoms with Crippen LogP contribution in [0.3, 0.4) is 0 Å². The van der Waals surface area contributed by atoms with Crippen molar-refractivity contribution in [2.75, 3.05) is 5.32 Å². The maximum atomic E-state index is 12.9. The van der Waals surface area contributed by atoms with Crippen LogP contribution >= 0.6 is 22.9 Å². The lowest BCUT2D eigenvalue weighted by Gasteiger charge is -2.03. The molecule has 0 saturated carbocycles. The van der Waals surface area contributed by atoms with Crippen LogP contribution in [0.25, 0.3) is 0 Å². The summed E-state index contributed by atoms with van der Waals surface area (Å²) < 4.78 is 12.9. The van der Waals surface area contributed by atoms with E-state index in [1.165, 1.54) is 6.07 Å². The van der Waals surface area contributed by atoms with Gasteiger partial charge in [0.05, 0.1) is 10.7 Å². The van der Waals surface area contributed by atoms with Gasteiger partial charge in [-0.25, -0.2) is 9.37 Å². The van der Waals surface area contributed by atoms with Crippen LogP contribution in [0.15, 0.2) is 23.6 Å². The molecule has 0 amide bonds. The normalized spacial score (nSPS) is 10.5. The van der Waals surface area contributed by atoms with Crippen LogP contribution in [0, 0.1) is 5.82 Å². The minimum atomic E-state index is -0.391. The summed E-state index contributed by atoms with van der Waals surface area (Å²) in [6.45, 7) is 2.66. The van der Waals surface area contributed by atoms with Crippen molar-refractivity contribution in [3.05, 3.63) is 45.7 Å². The summed E-state index contributed by atoms with van der Waals surface area (Å²) in [4.78, 5) is 4.38. The molecule has 1 N–H and O–H groups in total. The van der Waals surface area contributed by atoms with Crippen molar-refractivity contribution < 1.29 is 4.39 Å². The highest BCUT2D eigenvalue weighted by Gasteiger charge is 2.03. The van der Waals surface area contributed by atoms with E-state index >= 15 is 0 Å². The first-order valence-electron chi connectivity index (χ1n) is 5.31. The van der Waals surface area contributed by atoms with Gasteiger partial charge >= 0.3 is 0 Å². The lowest BCUT2D eigenvalue weighted by Crippen LogP contribution is -1.99. The van der Waals surface area contributed by atoms with Crippen LogP contribution < -0.4 is 5.32 Å². The largest absolute Gasteiger partial charge is 0.357 e. The van der Waals surface area contributed by atoms with Crippen molar-refractivity contribution in [1.29, 1.82) is 0 Å². The van der Waals surface area contributed by atoms with Gasteiger partial charge in [0.2, 0.25) is 0 Å². The molecule has 17 heavy (non-hydrogen) atoms. The molecule has 0 aliphatic heterocycles. The summed E-state index contributed by atoms with van der Waals surface area (Å²) in [7, 11) is 0. The number of aryl methyl sites for hydroxylation is 1. The van der Waals surface area contributed by atoms with Gasteiger partial charge in [-0.1, -0.05) is 24.6 Å². The van der Waals surface area contributed by atoms with E-state index in [1.54, 1.807) is 23.5 Å². The average molecular weight is 271 g/mol. The van der Waals surface area contributed by atoms with Crippen molar-refractivity contribution in [3.63, 3.8) is 0 Å². The zero-order valence-electron chi connectivity index (χ0n) is 9.34. The molecule has 1 aromatic carbocycles. The van der Waals surface area contributed by atoms with Crippen molar-refractivity contribution in [2.24, 2.45) is 0 Å². The third-order valence-corrected chi connectivity index (χ3v) is 3.48. The number of hydrogen-bond donors (Lipinski definition) is 1. The Morgan fingerprint density at radius 3 is 2.94 bits per heavy atom. The lowest BCUT2D eigenvalue weighted by molar-refractivity contribution is 0.627. The maximum absolute atomic E-state index is 12.9. The molecule has 0 atom stereocenters. The van der Waals surface area contributed by atoms with Gasteiger partial charge in [-0.3, -0.25) is 0 Å². The molecule has 2 aromatic rings. The van der Waals surface area contributed by atoms with Gasteiger partial charge in [0.25, 0.3) is 0 Å². The number of aromatic nitrogens is 1. The van der Waals surface area contributed by atoms with Crippen LogP contribution in [-0.4, -0.2) is 4.98 Å². The Morgan fingerprint density at radius 1 is 1.47 bits per heavy atom. The number of halogens is 2. The predicted molar refractivity (Wildman–Crippen MR) is 70.2 cm³/mol. The van der Waals surface area contributed by atoms with Crippen molar-refractivity contribution in [2.45, 2.75) is 19.9 Å². The molecule has 0 fully saturated rings. The summed E-state index contributed by atoms with van der Waals surface area (Å²) in [5, 5.41) is 6.24. The molecule has 0 unspecified atom stereocenters. The summed E-state index contributed by atoms with van der Waals surface area (Å²) >= 11 is 7.28. The Bertz CT molecular complexity index is 513. The van der Waals surface area contributed by atoms with Gasteiger partial charge in [0, 0.05) is 11.9 Å². The second-order valence-electron chi connectivity index (χ2n) is 3.60. The van der Waals surface area contributed by atoms with Gasteiger partial charge in [0.1, 0.15) is 5.82 Å². The molecule has 5 heteroatoms. The van der Waals surface area contributed by atoms with Gasteiger partial charge in [-0.15, -0.1) is 11.3 Å². The summed E-state index contributed by atoms with van der Waals surface area (Å²) in [6, 6.07) is 4.71. The number of hydrogen-bond acceptors (Lipinski definition) is 3. The predicted octanol–water partition coefficient (Wildman–Crippen LogP) is 4.11. The minimum Gasteiger partial charge on any atom is -0.357 e. The standard InChI is InChI=1S/C12H12ClFN2S/c1-2-9-7-17-12(16-9)15-6-8-3-4-11(14)10(13)5-8/h3-5,7H,2,6H2,1H3,(H,15,16). The van der Waals surface area contributed by atoms with E-state index in [1.807, 2.05) is 5.38 Å². The molecule has 0 bridgehead atoms. The fourth-order valence-corrected chi connectivity index (χ4v) is 2.37. The molecule has 0 saturated heterocycles. The molecular weight excluding hydrogens is 259 g/mol. The van der Waals surface area contributed by atoms with Crippen LogP contribution in [0.5, 0.6) is 0 Å². The number of anilines is 1. The Labute approximate surface area is 108 Å². The van der Waals surface area contributed by atoms with E-state index in [0.29, 0.717) is 6.54 Å². The molecule has 90 valence electrons. The quantitative estimate of drug-likeness (QED) is 0.904. The fourth-order valence-electron chi connectivity index (χ4n) is 1.38. The zero-order chi connectivity index (χ0) is 12.3. The average Bonchev–Trinajstić information content (AvgIpc) is 2.79. The van der Waals surface area contributed by atoms with Gasteiger partial charge < -0.3 is 5.32 Å². The number of rotatable bonds is 4. The first kappa shape index (κ1) is 12.3. The number of benzene rings is 1. The van der Waals surface area contributed by atoms with Gasteiger partial charge in [-0.05, 0) is 24.1 Å². The van der Waals surface area contributed by atoms with Gasteiger partial charge in [-0.2, -0.15) is 0 Å². The van der Waals surface area contributed by atoms with E-state index in [4.69, 9.17) is 11.6 Å². The molecule has 2 nitrogen and oxygen atoms in total. The van der Waals surface area contributed by atoms with Crippen LogP contribution in [0.4, 0.5) is 9.52 Å². The van der Waals surface area contributed by atoms with Crippen molar-refractivity contribution in [1.82, 2.24) is 4.98 Å². The second kappa shape index (κ2) is 5.47. The number of nitrogens with zero attached hydrogens (tertiary/aromatic N) is 1. The van der Waals surface area contributed by atoms with Gasteiger partial charge in [0.15, 0.2) is 5.13 Å². The first-order chi connectivity index (χ1) is 8.19. The van der Waals surface area contributed by atoms with E-state index in [0.717, 1.165) is 22.8 Å². The first-order valence-corrected chi connectivity index (χ1v) is 6.57. The fraction of sp³-hybridized carbons (Fsp3) is 0.250. The van der Waals surface area contributed by atoms with Crippen LogP contribution in [0.1, 0.15) is 18.2 Å². The third kappa shape index (κ3) is 3.17. The van der Waals surface area contributed by atoms with Crippen molar-refractivity contribution >= 4 is 28.1 Å². The molecular formula is C12H12ClFN2S. The summed E-state index contributed by atoms with van der Waals surface area (Å²) in [6.07, 6.45) is 0.931. The molecule has 2 rings (SSSR count). The highest BCUT2D eigenvalue weighted by atomic mass is 35.5. The molecule has 0 aliphatic carbocycles. The highest BCUT2D eigenvalue weighted by molar-refractivity contribution is 7.13. The Hall–Kier alpha value is -1.13. The molecule has 0 spiro atoms. The maximum Gasteiger partial charge on any atom is 0.183 e. The molecule has 0 radical (unpaired) electrons. The molecule has 1 aromatic heterocycles. The van der Waals surface area contributed by atoms with Crippen LogP contribution in [0.2, 0.25) is 5.02 Å². The monoisotopic (exact) mass is 270 g/mol. The minimum absolute atomic E-state index is 0.151. The molecule has 0 aliphatic rings. The second-order valence-corrected chi connectivity index (χ2v) is 4.86. The zero-order valence-corrected chi connectivity index (χ0v) is 10.9. The summed E-state index contributed by atoms with van der Waals surface area (Å²) in [5.41, 5.74) is 2.01. The number of thiazole rings is 1. The SMILES string of the molecule is CCc1csc(NCc2ccc(F)c(Cl)c2)n1. The lowest BCUT2D eigenvalue weighted by atomic mass is 10.2. The summed E-state index contributed by atoms with van der Waals surface area (Å²) in [5.74, 6) is -0.391. The topological polar surface area (TPSA) is 24.9 Å².